The predicted molar refractivity (Wildman–Crippen MR) is 71.5 cm³/mol. The minimum atomic E-state index is -4.38. The van der Waals surface area contributed by atoms with Crippen LogP contribution in [-0.4, -0.2) is 31.9 Å². The van der Waals surface area contributed by atoms with Crippen LogP contribution in [0, 0.1) is 0 Å². The van der Waals surface area contributed by atoms with Crippen molar-refractivity contribution in [3.63, 3.8) is 0 Å². The average molecular weight is 318 g/mol. The van der Waals surface area contributed by atoms with Gasteiger partial charge in [-0.3, -0.25) is 0 Å². The van der Waals surface area contributed by atoms with Gasteiger partial charge in [0.05, 0.1) is 25.9 Å². The fraction of sp³-hybridized carbons (Fsp3) is 0.533. The summed E-state index contributed by atoms with van der Waals surface area (Å²) >= 11 is 0. The van der Waals surface area contributed by atoms with E-state index in [-0.39, 0.29) is 18.3 Å². The highest BCUT2D eigenvalue weighted by Crippen LogP contribution is 2.34. The lowest BCUT2D eigenvalue weighted by Crippen LogP contribution is -2.26. The number of carbonyl (C=O) groups excluding carboxylic acids is 1. The number of alkyl halides is 3. The maximum Gasteiger partial charge on any atom is 0.416 e. The normalized spacial score (nSPS) is 20.5. The number of hydrogen-bond acceptors (Lipinski definition) is 4. The van der Waals surface area contributed by atoms with E-state index in [1.807, 2.05) is 0 Å². The number of epoxide rings is 1. The van der Waals surface area contributed by atoms with Crippen molar-refractivity contribution < 1.29 is 32.2 Å². The Morgan fingerprint density at radius 2 is 2.09 bits per heavy atom. The lowest BCUT2D eigenvalue weighted by atomic mass is 10.0. The number of halogens is 3. The average Bonchev–Trinajstić information content (AvgIpc) is 3.26. The van der Waals surface area contributed by atoms with Gasteiger partial charge in [0.15, 0.2) is 5.60 Å². The molecular weight excluding hydrogens is 301 g/mol. The Labute approximate surface area is 126 Å². The largest absolute Gasteiger partial charge is 0.494 e. The molecule has 1 atom stereocenters. The summed E-state index contributed by atoms with van der Waals surface area (Å²) in [5, 5.41) is 0. The SMILES string of the molecule is COC(=O)C1(CCCCOc2cccc(C(F)(F)F)c2)CO1. The summed E-state index contributed by atoms with van der Waals surface area (Å²) in [6, 6.07) is 4.76. The Kier molecular flexibility index (Phi) is 4.95. The van der Waals surface area contributed by atoms with E-state index in [0.717, 1.165) is 12.1 Å². The van der Waals surface area contributed by atoms with Crippen LogP contribution in [0.25, 0.3) is 0 Å². The summed E-state index contributed by atoms with van der Waals surface area (Å²) in [5.74, 6) is -0.202. The van der Waals surface area contributed by atoms with E-state index in [9.17, 15) is 18.0 Å². The second kappa shape index (κ2) is 6.56. The molecule has 1 aromatic carbocycles. The van der Waals surface area contributed by atoms with Gasteiger partial charge in [-0.05, 0) is 37.5 Å². The van der Waals surface area contributed by atoms with E-state index in [2.05, 4.69) is 4.74 Å². The molecule has 0 spiro atoms. The summed E-state index contributed by atoms with van der Waals surface area (Å²) in [4.78, 5) is 11.4. The lowest BCUT2D eigenvalue weighted by molar-refractivity contribution is -0.147. The number of carbonyl (C=O) groups is 1. The summed E-state index contributed by atoms with van der Waals surface area (Å²) in [5.41, 5.74) is -1.55. The molecule has 1 aliphatic rings. The highest BCUT2D eigenvalue weighted by atomic mass is 19.4. The zero-order chi connectivity index (χ0) is 16.2. The number of hydrogen-bond donors (Lipinski definition) is 0. The first kappa shape index (κ1) is 16.6. The van der Waals surface area contributed by atoms with Crippen molar-refractivity contribution in [1.29, 1.82) is 0 Å². The zero-order valence-electron chi connectivity index (χ0n) is 12.1. The monoisotopic (exact) mass is 318 g/mol. The molecule has 1 fully saturated rings. The van der Waals surface area contributed by atoms with Crippen LogP contribution < -0.4 is 4.74 Å². The Morgan fingerprint density at radius 3 is 2.68 bits per heavy atom. The molecule has 0 aliphatic carbocycles. The first-order chi connectivity index (χ1) is 10.4. The van der Waals surface area contributed by atoms with Crippen molar-refractivity contribution in [2.45, 2.75) is 31.0 Å². The maximum absolute atomic E-state index is 12.5. The highest BCUT2D eigenvalue weighted by Gasteiger charge is 2.52. The number of methoxy groups -OCH3 is 1. The fourth-order valence-corrected chi connectivity index (χ4v) is 2.10. The van der Waals surface area contributed by atoms with E-state index in [1.165, 1.54) is 19.2 Å². The highest BCUT2D eigenvalue weighted by molar-refractivity contribution is 5.82. The molecular formula is C15H17F3O4. The quantitative estimate of drug-likeness (QED) is 0.440. The molecule has 0 radical (unpaired) electrons. The van der Waals surface area contributed by atoms with E-state index in [4.69, 9.17) is 9.47 Å². The zero-order valence-corrected chi connectivity index (χ0v) is 12.1. The van der Waals surface area contributed by atoms with Gasteiger partial charge in [-0.15, -0.1) is 0 Å². The van der Waals surface area contributed by atoms with Crippen LogP contribution in [0.3, 0.4) is 0 Å². The molecule has 1 unspecified atom stereocenters. The van der Waals surface area contributed by atoms with Gasteiger partial charge in [0.1, 0.15) is 5.75 Å². The molecule has 1 saturated heterocycles. The molecule has 2 rings (SSSR count). The van der Waals surface area contributed by atoms with E-state index >= 15 is 0 Å². The van der Waals surface area contributed by atoms with Gasteiger partial charge in [0.2, 0.25) is 0 Å². The van der Waals surface area contributed by atoms with Crippen LogP contribution in [0.4, 0.5) is 13.2 Å². The fourth-order valence-electron chi connectivity index (χ4n) is 2.10. The van der Waals surface area contributed by atoms with Crippen molar-refractivity contribution in [3.05, 3.63) is 29.8 Å². The molecule has 22 heavy (non-hydrogen) atoms. The summed E-state index contributed by atoms with van der Waals surface area (Å²) in [7, 11) is 1.31. The molecule has 0 saturated carbocycles. The van der Waals surface area contributed by atoms with Gasteiger partial charge in [0.25, 0.3) is 0 Å². The molecule has 0 amide bonds. The summed E-state index contributed by atoms with van der Waals surface area (Å²) < 4.78 is 52.7. The van der Waals surface area contributed by atoms with Crippen molar-refractivity contribution >= 4 is 5.97 Å². The van der Waals surface area contributed by atoms with Crippen LogP contribution >= 0.6 is 0 Å². The summed E-state index contributed by atoms with van der Waals surface area (Å²) in [6.07, 6.45) is -2.59. The number of ether oxygens (including phenoxy) is 3. The number of rotatable bonds is 7. The first-order valence-corrected chi connectivity index (χ1v) is 6.90. The van der Waals surface area contributed by atoms with E-state index < -0.39 is 17.3 Å². The Bertz CT molecular complexity index is 524. The van der Waals surface area contributed by atoms with Gasteiger partial charge >= 0.3 is 12.1 Å². The minimum Gasteiger partial charge on any atom is -0.494 e. The maximum atomic E-state index is 12.5. The van der Waals surface area contributed by atoms with Gasteiger partial charge in [0, 0.05) is 0 Å². The van der Waals surface area contributed by atoms with Crippen LogP contribution in [-0.2, 0) is 20.4 Å². The van der Waals surface area contributed by atoms with Crippen molar-refractivity contribution in [1.82, 2.24) is 0 Å². The molecule has 4 nitrogen and oxygen atoms in total. The number of unbranched alkanes of at least 4 members (excludes halogenated alkanes) is 1. The van der Waals surface area contributed by atoms with Gasteiger partial charge in [-0.2, -0.15) is 13.2 Å². The second-order valence-corrected chi connectivity index (χ2v) is 5.11. The molecule has 0 N–H and O–H groups in total. The third-order valence-electron chi connectivity index (χ3n) is 3.46. The smallest absolute Gasteiger partial charge is 0.416 e. The van der Waals surface area contributed by atoms with Crippen LogP contribution in [0.1, 0.15) is 24.8 Å². The van der Waals surface area contributed by atoms with E-state index in [0.29, 0.717) is 25.9 Å². The Morgan fingerprint density at radius 1 is 1.36 bits per heavy atom. The molecule has 1 aliphatic heterocycles. The summed E-state index contributed by atoms with van der Waals surface area (Å²) in [6.45, 7) is 0.632. The molecule has 1 heterocycles. The van der Waals surface area contributed by atoms with E-state index in [1.54, 1.807) is 0 Å². The second-order valence-electron chi connectivity index (χ2n) is 5.11. The molecule has 0 bridgehead atoms. The van der Waals surface area contributed by atoms with Crippen molar-refractivity contribution in [2.75, 3.05) is 20.3 Å². The molecule has 0 aromatic heterocycles. The van der Waals surface area contributed by atoms with Crippen molar-refractivity contribution in [3.8, 4) is 5.75 Å². The molecule has 1 aromatic rings. The van der Waals surface area contributed by atoms with Crippen LogP contribution in [0.5, 0.6) is 5.75 Å². The molecule has 7 heteroatoms. The molecule has 122 valence electrons. The van der Waals surface area contributed by atoms with Crippen LogP contribution in [0.15, 0.2) is 24.3 Å². The van der Waals surface area contributed by atoms with Crippen LogP contribution in [0.2, 0.25) is 0 Å². The lowest BCUT2D eigenvalue weighted by Gasteiger charge is -2.11. The third-order valence-corrected chi connectivity index (χ3v) is 3.46. The first-order valence-electron chi connectivity index (χ1n) is 6.90. The van der Waals surface area contributed by atoms with Crippen molar-refractivity contribution in [2.24, 2.45) is 0 Å². The number of benzene rings is 1. The standard InChI is InChI=1S/C15H17F3O4/c1-20-13(19)14(10-22-14)7-2-3-8-21-12-6-4-5-11(9-12)15(16,17)18/h4-6,9H,2-3,7-8,10H2,1H3. The van der Waals surface area contributed by atoms with Gasteiger partial charge < -0.3 is 14.2 Å². The minimum absolute atomic E-state index is 0.181. The van der Waals surface area contributed by atoms with Gasteiger partial charge in [-0.25, -0.2) is 4.79 Å². The number of esters is 1. The third kappa shape index (κ3) is 4.13. The Hall–Kier alpha value is -1.76. The predicted octanol–water partition coefficient (Wildman–Crippen LogP) is 3.20. The topological polar surface area (TPSA) is 48.1 Å². The van der Waals surface area contributed by atoms with Gasteiger partial charge in [-0.1, -0.05) is 6.07 Å². The Balaban J connectivity index is 1.72.